The van der Waals surface area contributed by atoms with Crippen LogP contribution >= 0.6 is 0 Å². The molecule has 1 unspecified atom stereocenters. The van der Waals surface area contributed by atoms with Crippen molar-refractivity contribution in [1.82, 2.24) is 19.7 Å². The van der Waals surface area contributed by atoms with Crippen LogP contribution in [0.25, 0.3) is 22.1 Å². The molecule has 3 aromatic rings. The van der Waals surface area contributed by atoms with Crippen LogP contribution in [0.2, 0.25) is 0 Å². The SMILES string of the molecule is C=S(=O)(NC(C)(C)C)c1ccc(-c2oc(C(=O)NC34CCC(C(=O)NS(C)(=O)=O)(CC3)CC4)nc2CC2CCCCC2)c2ccccc12. The van der Waals surface area contributed by atoms with E-state index in [0.29, 0.717) is 61.5 Å². The monoisotopic (exact) mass is 696 g/mol. The van der Waals surface area contributed by atoms with Gasteiger partial charge in [0.25, 0.3) is 5.89 Å². The Hall–Kier alpha value is -3.22. The summed E-state index contributed by atoms with van der Waals surface area (Å²) in [5.74, 6) is 4.24. The van der Waals surface area contributed by atoms with Gasteiger partial charge in [-0.15, -0.1) is 0 Å². The average molecular weight is 697 g/mol. The zero-order chi connectivity index (χ0) is 34.5. The second-order valence-electron chi connectivity index (χ2n) is 15.4. The van der Waals surface area contributed by atoms with Crippen molar-refractivity contribution in [3.8, 4) is 11.3 Å². The molecular weight excluding hydrogens is 649 g/mol. The highest BCUT2D eigenvalue weighted by Gasteiger charge is 2.53. The Labute approximate surface area is 284 Å². The summed E-state index contributed by atoms with van der Waals surface area (Å²) in [6.07, 6.45) is 10.7. The van der Waals surface area contributed by atoms with Crippen LogP contribution in [0.4, 0.5) is 0 Å². The van der Waals surface area contributed by atoms with Crippen LogP contribution in [0.1, 0.15) is 108 Å². The number of nitrogens with one attached hydrogen (secondary N) is 3. The van der Waals surface area contributed by atoms with Crippen molar-refractivity contribution in [3.05, 3.63) is 48.0 Å². The maximum atomic E-state index is 13.9. The Morgan fingerprint density at radius 1 is 0.938 bits per heavy atom. The lowest BCUT2D eigenvalue weighted by molar-refractivity contribution is -0.136. The Kier molecular flexibility index (Phi) is 9.08. The van der Waals surface area contributed by atoms with Crippen LogP contribution in [0.3, 0.4) is 0 Å². The van der Waals surface area contributed by atoms with Crippen molar-refractivity contribution >= 4 is 48.2 Å². The Balaban J connectivity index is 1.32. The number of hydrogen-bond acceptors (Lipinski definition) is 7. The third kappa shape index (κ3) is 7.21. The van der Waals surface area contributed by atoms with Gasteiger partial charge in [-0.25, -0.2) is 22.3 Å². The summed E-state index contributed by atoms with van der Waals surface area (Å²) in [5, 5.41) is 4.86. The van der Waals surface area contributed by atoms with Crippen molar-refractivity contribution in [1.29, 1.82) is 0 Å². The lowest BCUT2D eigenvalue weighted by atomic mass is 9.57. The number of carbonyl (C=O) groups excluding carboxylic acids is 2. The van der Waals surface area contributed by atoms with E-state index in [1.165, 1.54) is 19.3 Å². The van der Waals surface area contributed by atoms with Crippen LogP contribution in [0.5, 0.6) is 0 Å². The standard InChI is InChI=1S/C36H48N4O6S2/c1-34(2,3)40-47(4,43)29-16-15-27(25-13-9-10-14-26(25)29)30-28(23-24-11-7-6-8-12-24)37-32(46-30)31(41)38-36-20-17-35(18-21-36,19-22-36)33(42)39-48(5,44)45/h9-10,13-16,24H,4,6-8,11-12,17-23H2,1-3,5H3,(H,38,41)(H,39,42)(H,40,43). The van der Waals surface area contributed by atoms with E-state index < -0.39 is 48.0 Å². The highest BCUT2D eigenvalue weighted by Crippen LogP contribution is 2.52. The van der Waals surface area contributed by atoms with Crippen LogP contribution in [-0.4, -0.2) is 52.6 Å². The minimum atomic E-state index is -3.65. The molecule has 0 spiro atoms. The predicted octanol–water partition coefficient (Wildman–Crippen LogP) is 5.89. The first-order valence-electron chi connectivity index (χ1n) is 17.0. The van der Waals surface area contributed by atoms with Gasteiger partial charge in [0.15, 0.2) is 5.76 Å². The number of aromatic nitrogens is 1. The van der Waals surface area contributed by atoms with Gasteiger partial charge in [0, 0.05) is 16.6 Å². The highest BCUT2D eigenvalue weighted by atomic mass is 32.2. The molecule has 4 aliphatic rings. The first-order chi connectivity index (χ1) is 22.5. The molecule has 0 aliphatic heterocycles. The molecule has 260 valence electrons. The molecule has 3 N–H and O–H groups in total. The van der Waals surface area contributed by atoms with Crippen molar-refractivity contribution in [2.24, 2.45) is 11.3 Å². The summed E-state index contributed by atoms with van der Waals surface area (Å²) < 4.78 is 49.2. The van der Waals surface area contributed by atoms with Gasteiger partial charge in [0.2, 0.25) is 15.9 Å². The number of rotatable bonds is 9. The largest absolute Gasteiger partial charge is 0.432 e. The number of carbonyl (C=O) groups is 2. The minimum absolute atomic E-state index is 0.00549. The minimum Gasteiger partial charge on any atom is -0.432 e. The molecule has 7 rings (SSSR count). The zero-order valence-corrected chi connectivity index (χ0v) is 30.1. The molecule has 0 radical (unpaired) electrons. The molecule has 2 bridgehead atoms. The fourth-order valence-electron chi connectivity index (χ4n) is 8.05. The number of fused-ring (bicyclic) bond motifs is 4. The molecule has 10 nitrogen and oxygen atoms in total. The average Bonchev–Trinajstić information content (AvgIpc) is 3.43. The molecule has 0 saturated heterocycles. The van der Waals surface area contributed by atoms with Crippen molar-refractivity contribution in [2.45, 2.75) is 114 Å². The second-order valence-corrected chi connectivity index (χ2v) is 19.1. The Bertz CT molecular complexity index is 1930. The lowest BCUT2D eigenvalue weighted by Gasteiger charge is -2.52. The Morgan fingerprint density at radius 3 is 2.17 bits per heavy atom. The van der Waals surface area contributed by atoms with Gasteiger partial charge >= 0.3 is 5.91 Å². The third-order valence-corrected chi connectivity index (χ3v) is 13.0. The number of sulfonamides is 1. The fraction of sp³-hybridized carbons (Fsp3) is 0.556. The van der Waals surface area contributed by atoms with Crippen LogP contribution in [0.15, 0.2) is 45.7 Å². The quantitative estimate of drug-likeness (QED) is 0.236. The molecule has 48 heavy (non-hydrogen) atoms. The normalized spacial score (nSPS) is 24.7. The smallest absolute Gasteiger partial charge is 0.307 e. The van der Waals surface area contributed by atoms with E-state index in [0.717, 1.165) is 41.1 Å². The van der Waals surface area contributed by atoms with Gasteiger partial charge in [0.05, 0.1) is 32.0 Å². The maximum absolute atomic E-state index is 13.9. The van der Waals surface area contributed by atoms with Crippen molar-refractivity contribution in [2.75, 3.05) is 6.26 Å². The van der Waals surface area contributed by atoms with Crippen LogP contribution in [-0.2, 0) is 30.9 Å². The molecule has 4 saturated carbocycles. The van der Waals surface area contributed by atoms with E-state index in [-0.39, 0.29) is 5.89 Å². The number of amides is 2. The van der Waals surface area contributed by atoms with Crippen LogP contribution in [0, 0.1) is 11.3 Å². The van der Waals surface area contributed by atoms with Gasteiger partial charge in [-0.2, -0.15) is 0 Å². The van der Waals surface area contributed by atoms with Crippen molar-refractivity contribution in [3.63, 3.8) is 0 Å². The summed E-state index contributed by atoms with van der Waals surface area (Å²) in [5.41, 5.74) is -0.127. The molecule has 2 amide bonds. The van der Waals surface area contributed by atoms with E-state index in [9.17, 15) is 22.2 Å². The predicted molar refractivity (Wildman–Crippen MR) is 189 cm³/mol. The molecule has 2 aromatic carbocycles. The van der Waals surface area contributed by atoms with Crippen molar-refractivity contribution < 1.29 is 26.6 Å². The number of nitrogens with zero attached hydrogens (tertiary/aromatic N) is 1. The summed E-state index contributed by atoms with van der Waals surface area (Å²) >= 11 is 0. The third-order valence-electron chi connectivity index (χ3n) is 10.4. The molecule has 12 heteroatoms. The summed E-state index contributed by atoms with van der Waals surface area (Å²) in [4.78, 5) is 32.2. The number of hydrogen-bond donors (Lipinski definition) is 3. The fourth-order valence-corrected chi connectivity index (χ4v) is 10.5. The summed E-state index contributed by atoms with van der Waals surface area (Å²) in [6, 6.07) is 11.5. The molecule has 1 atom stereocenters. The first kappa shape index (κ1) is 34.6. The van der Waals surface area contributed by atoms with Gasteiger partial charge in [-0.3, -0.25) is 14.3 Å². The zero-order valence-electron chi connectivity index (χ0n) is 28.4. The molecular formula is C36H48N4O6S2. The summed E-state index contributed by atoms with van der Waals surface area (Å²) in [6.45, 7) is 5.87. The van der Waals surface area contributed by atoms with E-state index in [1.807, 2.05) is 57.2 Å². The molecule has 4 aliphatic carbocycles. The van der Waals surface area contributed by atoms with E-state index >= 15 is 0 Å². The van der Waals surface area contributed by atoms with Gasteiger partial charge in [-0.1, -0.05) is 56.4 Å². The van der Waals surface area contributed by atoms with Gasteiger partial charge in [0.1, 0.15) is 0 Å². The van der Waals surface area contributed by atoms with E-state index in [4.69, 9.17) is 9.40 Å². The lowest BCUT2D eigenvalue weighted by Crippen LogP contribution is -2.60. The Morgan fingerprint density at radius 2 is 1.56 bits per heavy atom. The molecule has 4 fully saturated rings. The highest BCUT2D eigenvalue weighted by molar-refractivity contribution is 7.98. The topological polar surface area (TPSA) is 147 Å². The molecule has 1 heterocycles. The maximum Gasteiger partial charge on any atom is 0.307 e. The van der Waals surface area contributed by atoms with Gasteiger partial charge < -0.3 is 9.73 Å². The van der Waals surface area contributed by atoms with Gasteiger partial charge in [-0.05, 0) is 100 Å². The van der Waals surface area contributed by atoms with E-state index in [2.05, 4.69) is 20.6 Å². The molecule has 1 aromatic heterocycles. The first-order valence-corrected chi connectivity index (χ1v) is 20.6. The van der Waals surface area contributed by atoms with Crippen LogP contribution < -0.4 is 14.8 Å². The number of oxazole rings is 1. The second kappa shape index (κ2) is 12.6. The van der Waals surface area contributed by atoms with E-state index in [1.54, 1.807) is 0 Å². The summed E-state index contributed by atoms with van der Waals surface area (Å²) in [7, 11) is -6.49. The number of benzene rings is 2.